The minimum absolute atomic E-state index is 0.134. The minimum atomic E-state index is -0.506. The molecule has 0 saturated carbocycles. The molecule has 2 aromatic carbocycles. The number of benzene rings is 2. The van der Waals surface area contributed by atoms with Crippen molar-refractivity contribution in [2.45, 2.75) is 27.0 Å². The number of nitrogens with one attached hydrogen (secondary N) is 1. The number of hydrogen-bond acceptors (Lipinski definition) is 5. The predicted molar refractivity (Wildman–Crippen MR) is 118 cm³/mol. The standard InChI is InChI=1S/C24H27N3O4/c1-3-30-12-13-31-17-20-9-7-8-19(15-20)16-25-24(29)23-22(28)14-18(2)27(26-23)21-10-5-4-6-11-21/h4-11,14-15H,3,12-13,16-17H2,1-2H3,(H,25,29). The van der Waals surface area contributed by atoms with Crippen molar-refractivity contribution in [3.05, 3.63) is 93.4 Å². The molecule has 0 unspecified atom stereocenters. The average Bonchev–Trinajstić information content (AvgIpc) is 2.78. The highest BCUT2D eigenvalue weighted by atomic mass is 16.5. The molecule has 0 spiro atoms. The van der Waals surface area contributed by atoms with Gasteiger partial charge in [0.1, 0.15) is 0 Å². The second kappa shape index (κ2) is 11.2. The molecule has 0 aliphatic rings. The lowest BCUT2D eigenvalue weighted by atomic mass is 10.1. The summed E-state index contributed by atoms with van der Waals surface area (Å²) in [6.45, 7) is 6.25. The third-order valence-corrected chi connectivity index (χ3v) is 4.61. The molecule has 0 atom stereocenters. The zero-order chi connectivity index (χ0) is 22.1. The van der Waals surface area contributed by atoms with E-state index in [9.17, 15) is 9.59 Å². The van der Waals surface area contributed by atoms with Crippen LogP contribution in [0.2, 0.25) is 0 Å². The van der Waals surface area contributed by atoms with Crippen LogP contribution in [-0.4, -0.2) is 35.5 Å². The van der Waals surface area contributed by atoms with Gasteiger partial charge < -0.3 is 14.8 Å². The van der Waals surface area contributed by atoms with Gasteiger partial charge in [0.15, 0.2) is 5.69 Å². The lowest BCUT2D eigenvalue weighted by Crippen LogP contribution is -2.31. The second-order valence-electron chi connectivity index (χ2n) is 7.00. The predicted octanol–water partition coefficient (Wildman–Crippen LogP) is 3.02. The molecular formula is C24H27N3O4. The van der Waals surface area contributed by atoms with Gasteiger partial charge in [-0.2, -0.15) is 5.10 Å². The number of aromatic nitrogens is 2. The van der Waals surface area contributed by atoms with Gasteiger partial charge in [0, 0.05) is 24.9 Å². The van der Waals surface area contributed by atoms with Crippen LogP contribution >= 0.6 is 0 Å². The van der Waals surface area contributed by atoms with E-state index in [-0.39, 0.29) is 12.2 Å². The minimum Gasteiger partial charge on any atom is -0.379 e. The molecule has 31 heavy (non-hydrogen) atoms. The first kappa shape index (κ1) is 22.4. The summed E-state index contributed by atoms with van der Waals surface area (Å²) in [7, 11) is 0. The lowest BCUT2D eigenvalue weighted by molar-refractivity contribution is 0.0453. The van der Waals surface area contributed by atoms with Crippen LogP contribution in [-0.2, 0) is 22.6 Å². The van der Waals surface area contributed by atoms with E-state index in [2.05, 4.69) is 10.4 Å². The maximum absolute atomic E-state index is 12.7. The molecule has 1 amide bonds. The Hall–Kier alpha value is -3.29. The molecule has 7 heteroatoms. The Bertz CT molecular complexity index is 1060. The molecule has 0 saturated heterocycles. The van der Waals surface area contributed by atoms with Gasteiger partial charge in [0.05, 0.1) is 25.5 Å². The fourth-order valence-corrected chi connectivity index (χ4v) is 3.08. The van der Waals surface area contributed by atoms with Crippen LogP contribution in [0.1, 0.15) is 34.2 Å². The highest BCUT2D eigenvalue weighted by Gasteiger charge is 2.15. The number of rotatable bonds is 10. The first-order valence-electron chi connectivity index (χ1n) is 10.3. The fourth-order valence-electron chi connectivity index (χ4n) is 3.08. The molecule has 3 rings (SSSR count). The molecular weight excluding hydrogens is 394 g/mol. The van der Waals surface area contributed by atoms with E-state index < -0.39 is 11.3 Å². The van der Waals surface area contributed by atoms with Crippen LogP contribution in [0.15, 0.2) is 65.5 Å². The van der Waals surface area contributed by atoms with E-state index in [4.69, 9.17) is 9.47 Å². The molecule has 0 bridgehead atoms. The number of aryl methyl sites for hydroxylation is 1. The summed E-state index contributed by atoms with van der Waals surface area (Å²) in [5.74, 6) is -0.506. The molecule has 1 N–H and O–H groups in total. The Morgan fingerprint density at radius 1 is 1.00 bits per heavy atom. The van der Waals surface area contributed by atoms with Gasteiger partial charge in [0.25, 0.3) is 5.91 Å². The van der Waals surface area contributed by atoms with Crippen LogP contribution in [0.3, 0.4) is 0 Å². The Labute approximate surface area is 181 Å². The van der Waals surface area contributed by atoms with Crippen molar-refractivity contribution in [2.75, 3.05) is 19.8 Å². The van der Waals surface area contributed by atoms with Gasteiger partial charge in [-0.15, -0.1) is 0 Å². The quantitative estimate of drug-likeness (QED) is 0.509. The van der Waals surface area contributed by atoms with E-state index in [1.165, 1.54) is 6.07 Å². The first-order valence-corrected chi connectivity index (χ1v) is 10.3. The molecule has 0 aliphatic carbocycles. The normalized spacial score (nSPS) is 10.8. The topological polar surface area (TPSA) is 82.4 Å². The monoisotopic (exact) mass is 421 g/mol. The van der Waals surface area contributed by atoms with Crippen molar-refractivity contribution in [3.8, 4) is 5.69 Å². The summed E-state index contributed by atoms with van der Waals surface area (Å²) >= 11 is 0. The lowest BCUT2D eigenvalue weighted by Gasteiger charge is -2.11. The number of carbonyl (C=O) groups excluding carboxylic acids is 1. The third kappa shape index (κ3) is 6.34. The Morgan fingerprint density at radius 3 is 2.52 bits per heavy atom. The highest BCUT2D eigenvalue weighted by molar-refractivity contribution is 5.92. The van der Waals surface area contributed by atoms with Crippen molar-refractivity contribution in [1.82, 2.24) is 15.1 Å². The summed E-state index contributed by atoms with van der Waals surface area (Å²) in [4.78, 5) is 25.0. The van der Waals surface area contributed by atoms with Crippen molar-refractivity contribution in [2.24, 2.45) is 0 Å². The van der Waals surface area contributed by atoms with Crippen molar-refractivity contribution < 1.29 is 14.3 Å². The van der Waals surface area contributed by atoms with Crippen LogP contribution in [0, 0.1) is 6.92 Å². The Morgan fingerprint density at radius 2 is 1.74 bits per heavy atom. The summed E-state index contributed by atoms with van der Waals surface area (Å²) in [5.41, 5.74) is 2.82. The highest BCUT2D eigenvalue weighted by Crippen LogP contribution is 2.09. The molecule has 0 radical (unpaired) electrons. The summed E-state index contributed by atoms with van der Waals surface area (Å²) in [5, 5.41) is 7.09. The number of para-hydroxylation sites is 1. The zero-order valence-electron chi connectivity index (χ0n) is 17.8. The molecule has 1 aromatic heterocycles. The Kier molecular flexibility index (Phi) is 8.09. The molecule has 3 aromatic rings. The number of amides is 1. The SMILES string of the molecule is CCOCCOCc1cccc(CNC(=O)c2nn(-c3ccccc3)c(C)cc2=O)c1. The molecule has 1 heterocycles. The third-order valence-electron chi connectivity index (χ3n) is 4.61. The molecule has 0 fully saturated rings. The van der Waals surface area contributed by atoms with Crippen LogP contribution < -0.4 is 10.7 Å². The number of ether oxygens (including phenoxy) is 2. The summed E-state index contributed by atoms with van der Waals surface area (Å²) in [6, 6.07) is 18.6. The van der Waals surface area contributed by atoms with Crippen LogP contribution in [0.25, 0.3) is 5.69 Å². The van der Waals surface area contributed by atoms with Gasteiger partial charge in [0.2, 0.25) is 5.43 Å². The van der Waals surface area contributed by atoms with E-state index in [0.717, 1.165) is 16.8 Å². The summed E-state index contributed by atoms with van der Waals surface area (Å²) in [6.07, 6.45) is 0. The average molecular weight is 421 g/mol. The van der Waals surface area contributed by atoms with Gasteiger partial charge >= 0.3 is 0 Å². The van der Waals surface area contributed by atoms with Gasteiger partial charge in [-0.25, -0.2) is 4.68 Å². The molecule has 7 nitrogen and oxygen atoms in total. The van der Waals surface area contributed by atoms with Gasteiger partial charge in [-0.1, -0.05) is 42.5 Å². The Balaban J connectivity index is 1.65. The number of nitrogens with zero attached hydrogens (tertiary/aromatic N) is 2. The number of hydrogen-bond donors (Lipinski definition) is 1. The maximum atomic E-state index is 12.7. The maximum Gasteiger partial charge on any atom is 0.276 e. The van der Waals surface area contributed by atoms with Gasteiger partial charge in [-0.3, -0.25) is 9.59 Å². The van der Waals surface area contributed by atoms with Crippen molar-refractivity contribution in [3.63, 3.8) is 0 Å². The van der Waals surface area contributed by atoms with Crippen molar-refractivity contribution in [1.29, 1.82) is 0 Å². The van der Waals surface area contributed by atoms with E-state index >= 15 is 0 Å². The van der Waals surface area contributed by atoms with Crippen LogP contribution in [0.4, 0.5) is 0 Å². The second-order valence-corrected chi connectivity index (χ2v) is 7.00. The van der Waals surface area contributed by atoms with Crippen LogP contribution in [0.5, 0.6) is 0 Å². The summed E-state index contributed by atoms with van der Waals surface area (Å²) < 4.78 is 12.4. The van der Waals surface area contributed by atoms with Crippen molar-refractivity contribution >= 4 is 5.91 Å². The van der Waals surface area contributed by atoms with E-state index in [1.54, 1.807) is 11.6 Å². The smallest absolute Gasteiger partial charge is 0.276 e. The van der Waals surface area contributed by atoms with Gasteiger partial charge in [-0.05, 0) is 37.1 Å². The first-order chi connectivity index (χ1) is 15.1. The molecule has 162 valence electrons. The zero-order valence-corrected chi connectivity index (χ0v) is 17.8. The number of carbonyl (C=O) groups is 1. The van der Waals surface area contributed by atoms with E-state index in [0.29, 0.717) is 32.1 Å². The molecule has 0 aliphatic heterocycles. The van der Waals surface area contributed by atoms with E-state index in [1.807, 2.05) is 61.5 Å². The fraction of sp³-hybridized carbons (Fsp3) is 0.292. The largest absolute Gasteiger partial charge is 0.379 e.